The summed E-state index contributed by atoms with van der Waals surface area (Å²) >= 11 is 6.19. The molecule has 0 fully saturated rings. The molecule has 0 aliphatic rings. The number of amides is 1. The summed E-state index contributed by atoms with van der Waals surface area (Å²) in [7, 11) is 1.74. The minimum atomic E-state index is -0.717. The number of benzene rings is 2. The molecule has 2 aromatic heterocycles. The standard InChI is InChI=1S/C26H27ClN4O3/c1-15(2)34-23-11-18(8-9-21(23)17-6-5-7-20(27)10-17)26(33)31(4)14-19-12-28-24(16(3)32)22-13-29-30-25(19)22/h5-13,15-16,32H,14H2,1-4H3,(H,29,30). The quantitative estimate of drug-likeness (QED) is 0.371. The average Bonchev–Trinajstić information content (AvgIpc) is 3.28. The maximum absolute atomic E-state index is 13.3. The third-order valence-electron chi connectivity index (χ3n) is 5.47. The van der Waals surface area contributed by atoms with Crippen molar-refractivity contribution in [2.45, 2.75) is 39.5 Å². The minimum Gasteiger partial charge on any atom is -0.490 e. The van der Waals surface area contributed by atoms with Crippen molar-refractivity contribution in [3.05, 3.63) is 76.7 Å². The van der Waals surface area contributed by atoms with Gasteiger partial charge in [-0.05, 0) is 56.7 Å². The molecule has 0 saturated heterocycles. The summed E-state index contributed by atoms with van der Waals surface area (Å²) in [5.74, 6) is 0.467. The SMILES string of the molecule is CC(C)Oc1cc(C(=O)N(C)Cc2cnc(C(C)O)c3cn[nH]c23)ccc1-c1cccc(Cl)c1. The first-order chi connectivity index (χ1) is 16.2. The number of aromatic nitrogens is 3. The average molecular weight is 479 g/mol. The van der Waals surface area contributed by atoms with Gasteiger partial charge in [0.2, 0.25) is 0 Å². The van der Waals surface area contributed by atoms with E-state index >= 15 is 0 Å². The van der Waals surface area contributed by atoms with E-state index in [1.54, 1.807) is 43.4 Å². The van der Waals surface area contributed by atoms with Gasteiger partial charge >= 0.3 is 0 Å². The highest BCUT2D eigenvalue weighted by atomic mass is 35.5. The Morgan fingerprint density at radius 2 is 1.97 bits per heavy atom. The highest BCUT2D eigenvalue weighted by molar-refractivity contribution is 6.30. The number of rotatable bonds is 7. The number of H-pyrrole nitrogens is 1. The van der Waals surface area contributed by atoms with E-state index in [9.17, 15) is 9.90 Å². The van der Waals surface area contributed by atoms with Gasteiger partial charge in [-0.2, -0.15) is 5.10 Å². The van der Waals surface area contributed by atoms with Crippen LogP contribution in [0.4, 0.5) is 0 Å². The number of carbonyl (C=O) groups excluding carboxylic acids is 1. The lowest BCUT2D eigenvalue weighted by Crippen LogP contribution is -2.26. The largest absolute Gasteiger partial charge is 0.490 e. The number of hydrogen-bond acceptors (Lipinski definition) is 5. The molecule has 4 aromatic rings. The van der Waals surface area contributed by atoms with Crippen LogP contribution in [0.2, 0.25) is 5.02 Å². The van der Waals surface area contributed by atoms with Crippen LogP contribution in [0.1, 0.15) is 48.5 Å². The number of aliphatic hydroxyl groups is 1. The number of nitrogens with one attached hydrogen (secondary N) is 1. The number of ether oxygens (including phenoxy) is 1. The number of nitrogens with zero attached hydrogens (tertiary/aromatic N) is 3. The Kier molecular flexibility index (Phi) is 6.86. The summed E-state index contributed by atoms with van der Waals surface area (Å²) < 4.78 is 6.05. The fourth-order valence-electron chi connectivity index (χ4n) is 3.91. The number of hydrogen-bond donors (Lipinski definition) is 2. The highest BCUT2D eigenvalue weighted by Crippen LogP contribution is 2.33. The molecule has 0 aliphatic heterocycles. The third kappa shape index (κ3) is 4.90. The maximum atomic E-state index is 13.3. The Bertz CT molecular complexity index is 1330. The van der Waals surface area contributed by atoms with E-state index in [2.05, 4.69) is 15.2 Å². The fraction of sp³-hybridized carbons (Fsp3) is 0.269. The van der Waals surface area contributed by atoms with E-state index in [0.29, 0.717) is 28.6 Å². The Hall–Kier alpha value is -3.42. The second-order valence-corrected chi connectivity index (χ2v) is 8.99. The zero-order valence-corrected chi connectivity index (χ0v) is 20.3. The van der Waals surface area contributed by atoms with E-state index in [0.717, 1.165) is 27.6 Å². The van der Waals surface area contributed by atoms with Gasteiger partial charge in [0.15, 0.2) is 0 Å². The molecular formula is C26H27ClN4O3. The fourth-order valence-corrected chi connectivity index (χ4v) is 4.10. The summed E-state index contributed by atoms with van der Waals surface area (Å²) in [5, 5.41) is 18.4. The second kappa shape index (κ2) is 9.83. The van der Waals surface area contributed by atoms with Crippen molar-refractivity contribution in [3.63, 3.8) is 0 Å². The Labute approximate surface area is 203 Å². The van der Waals surface area contributed by atoms with E-state index in [-0.39, 0.29) is 12.0 Å². The van der Waals surface area contributed by atoms with Gasteiger partial charge < -0.3 is 14.7 Å². The van der Waals surface area contributed by atoms with Crippen molar-refractivity contribution in [1.29, 1.82) is 0 Å². The van der Waals surface area contributed by atoms with Gasteiger partial charge in [-0.1, -0.05) is 23.7 Å². The Morgan fingerprint density at radius 3 is 2.68 bits per heavy atom. The molecule has 1 unspecified atom stereocenters. The molecule has 0 spiro atoms. The van der Waals surface area contributed by atoms with Crippen LogP contribution in [0.3, 0.4) is 0 Å². The molecule has 4 rings (SSSR count). The van der Waals surface area contributed by atoms with Gasteiger partial charge in [0.05, 0.1) is 29.6 Å². The molecule has 8 heteroatoms. The topological polar surface area (TPSA) is 91.3 Å². The smallest absolute Gasteiger partial charge is 0.254 e. The molecule has 0 aliphatic carbocycles. The predicted octanol–water partition coefficient (Wildman–Crippen LogP) is 5.39. The molecular weight excluding hydrogens is 452 g/mol. The molecule has 2 N–H and O–H groups in total. The number of fused-ring (bicyclic) bond motifs is 1. The van der Waals surface area contributed by atoms with E-state index in [1.807, 2.05) is 44.2 Å². The molecule has 0 bridgehead atoms. The van der Waals surface area contributed by atoms with Gasteiger partial charge in [-0.25, -0.2) is 0 Å². The molecule has 1 amide bonds. The van der Waals surface area contributed by atoms with Crippen LogP contribution in [0.25, 0.3) is 22.0 Å². The molecule has 2 heterocycles. The minimum absolute atomic E-state index is 0.0619. The van der Waals surface area contributed by atoms with Gasteiger partial charge in [0, 0.05) is 46.9 Å². The summed E-state index contributed by atoms with van der Waals surface area (Å²) in [6.45, 7) is 5.87. The lowest BCUT2D eigenvalue weighted by molar-refractivity contribution is 0.0784. The van der Waals surface area contributed by atoms with Crippen LogP contribution < -0.4 is 4.74 Å². The molecule has 7 nitrogen and oxygen atoms in total. The number of halogens is 1. The lowest BCUT2D eigenvalue weighted by atomic mass is 10.0. The van der Waals surface area contributed by atoms with Crippen LogP contribution >= 0.6 is 11.6 Å². The van der Waals surface area contributed by atoms with Crippen molar-refractivity contribution in [2.24, 2.45) is 0 Å². The van der Waals surface area contributed by atoms with Crippen LogP contribution in [0.5, 0.6) is 5.75 Å². The summed E-state index contributed by atoms with van der Waals surface area (Å²) in [6, 6.07) is 13.0. The zero-order valence-electron chi connectivity index (χ0n) is 19.5. The third-order valence-corrected chi connectivity index (χ3v) is 5.71. The molecule has 0 saturated carbocycles. The van der Waals surface area contributed by atoms with Crippen LogP contribution in [-0.4, -0.2) is 44.2 Å². The van der Waals surface area contributed by atoms with Crippen LogP contribution in [0.15, 0.2) is 54.9 Å². The molecule has 34 heavy (non-hydrogen) atoms. The number of pyridine rings is 1. The van der Waals surface area contributed by atoms with Crippen LogP contribution in [-0.2, 0) is 6.54 Å². The van der Waals surface area contributed by atoms with Crippen molar-refractivity contribution < 1.29 is 14.6 Å². The van der Waals surface area contributed by atoms with Crippen molar-refractivity contribution in [2.75, 3.05) is 7.05 Å². The number of aromatic amines is 1. The van der Waals surface area contributed by atoms with Gasteiger partial charge in [0.25, 0.3) is 5.91 Å². The zero-order chi connectivity index (χ0) is 24.4. The monoisotopic (exact) mass is 478 g/mol. The molecule has 1 atom stereocenters. The maximum Gasteiger partial charge on any atom is 0.254 e. The summed E-state index contributed by atoms with van der Waals surface area (Å²) in [4.78, 5) is 19.3. The molecule has 176 valence electrons. The normalized spacial score (nSPS) is 12.2. The van der Waals surface area contributed by atoms with Gasteiger partial charge in [-0.3, -0.25) is 14.9 Å². The Morgan fingerprint density at radius 1 is 1.18 bits per heavy atom. The highest BCUT2D eigenvalue weighted by Gasteiger charge is 2.19. The van der Waals surface area contributed by atoms with E-state index in [1.165, 1.54) is 0 Å². The second-order valence-electron chi connectivity index (χ2n) is 8.55. The van der Waals surface area contributed by atoms with Gasteiger partial charge in [0.1, 0.15) is 5.75 Å². The van der Waals surface area contributed by atoms with Crippen LogP contribution in [0, 0.1) is 0 Å². The van der Waals surface area contributed by atoms with Crippen molar-refractivity contribution >= 4 is 28.4 Å². The van der Waals surface area contributed by atoms with E-state index < -0.39 is 6.10 Å². The lowest BCUT2D eigenvalue weighted by Gasteiger charge is -2.20. The summed E-state index contributed by atoms with van der Waals surface area (Å²) in [6.07, 6.45) is 2.53. The van der Waals surface area contributed by atoms with E-state index in [4.69, 9.17) is 16.3 Å². The number of carbonyl (C=O) groups is 1. The van der Waals surface area contributed by atoms with Crippen molar-refractivity contribution in [1.82, 2.24) is 20.1 Å². The summed E-state index contributed by atoms with van der Waals surface area (Å²) in [5.41, 5.74) is 4.41. The van der Waals surface area contributed by atoms with Gasteiger partial charge in [-0.15, -0.1) is 0 Å². The number of aliphatic hydroxyl groups excluding tert-OH is 1. The molecule has 0 radical (unpaired) electrons. The molecule has 2 aromatic carbocycles. The first-order valence-corrected chi connectivity index (χ1v) is 11.4. The first-order valence-electron chi connectivity index (χ1n) is 11.1. The predicted molar refractivity (Wildman–Crippen MR) is 133 cm³/mol. The first kappa shape index (κ1) is 23.7. The van der Waals surface area contributed by atoms with Crippen molar-refractivity contribution in [3.8, 4) is 16.9 Å². The Balaban J connectivity index is 1.63.